The number of carbonyl (C=O) groups is 1. The van der Waals surface area contributed by atoms with Crippen LogP contribution in [-0.4, -0.2) is 20.8 Å². The Morgan fingerprint density at radius 3 is 2.60 bits per heavy atom. The Morgan fingerprint density at radius 2 is 1.97 bits per heavy atom. The van der Waals surface area contributed by atoms with Gasteiger partial charge in [-0.3, -0.25) is 4.79 Å². The highest BCUT2D eigenvalue weighted by Crippen LogP contribution is 2.32. The number of hydrogen-bond acceptors (Lipinski definition) is 4. The minimum atomic E-state index is -0.00989. The van der Waals surface area contributed by atoms with Crippen molar-refractivity contribution in [3.63, 3.8) is 0 Å². The van der Waals surface area contributed by atoms with Crippen LogP contribution in [-0.2, 0) is 23.1 Å². The minimum absolute atomic E-state index is 0.00969. The smallest absolute Gasteiger partial charge is 0.225 e. The third-order valence-electron chi connectivity index (χ3n) is 6.01. The van der Waals surface area contributed by atoms with Gasteiger partial charge in [-0.25, -0.2) is 4.68 Å². The molecular formula is C24H30N4O2. The fourth-order valence-corrected chi connectivity index (χ4v) is 4.19. The molecule has 1 N–H and O–H groups in total. The van der Waals surface area contributed by atoms with E-state index in [2.05, 4.69) is 60.6 Å². The predicted octanol–water partition coefficient (Wildman–Crippen LogP) is 4.51. The van der Waals surface area contributed by atoms with Gasteiger partial charge in [0, 0.05) is 16.8 Å². The van der Waals surface area contributed by atoms with E-state index in [-0.39, 0.29) is 23.8 Å². The Morgan fingerprint density at radius 1 is 1.23 bits per heavy atom. The average molecular weight is 407 g/mol. The topological polar surface area (TPSA) is 73.0 Å². The second kappa shape index (κ2) is 7.74. The highest BCUT2D eigenvalue weighted by molar-refractivity contribution is 5.79. The first-order valence-electron chi connectivity index (χ1n) is 10.6. The van der Waals surface area contributed by atoms with Crippen LogP contribution in [0.2, 0.25) is 0 Å². The molecule has 1 unspecified atom stereocenters. The van der Waals surface area contributed by atoms with Crippen molar-refractivity contribution in [2.45, 2.75) is 71.8 Å². The van der Waals surface area contributed by atoms with E-state index in [1.165, 1.54) is 11.3 Å². The summed E-state index contributed by atoms with van der Waals surface area (Å²) in [6.45, 7) is 10.4. The molecule has 0 spiro atoms. The fourth-order valence-electron chi connectivity index (χ4n) is 4.19. The molecule has 2 aromatic heterocycles. The Balaban J connectivity index is 1.53. The minimum Gasteiger partial charge on any atom is -0.361 e. The van der Waals surface area contributed by atoms with Crippen LogP contribution in [0, 0.1) is 13.8 Å². The van der Waals surface area contributed by atoms with Crippen LogP contribution < -0.4 is 5.32 Å². The zero-order valence-corrected chi connectivity index (χ0v) is 18.5. The zero-order valence-electron chi connectivity index (χ0n) is 18.5. The molecule has 158 valence electrons. The summed E-state index contributed by atoms with van der Waals surface area (Å²) < 4.78 is 7.20. The van der Waals surface area contributed by atoms with Crippen LogP contribution in [0.3, 0.4) is 0 Å². The number of rotatable bonds is 4. The monoisotopic (exact) mass is 406 g/mol. The van der Waals surface area contributed by atoms with E-state index < -0.39 is 0 Å². The Labute approximate surface area is 177 Å². The van der Waals surface area contributed by atoms with Crippen LogP contribution in [0.15, 0.2) is 35.0 Å². The lowest BCUT2D eigenvalue weighted by Crippen LogP contribution is -2.32. The first-order chi connectivity index (χ1) is 14.2. The molecule has 1 aliphatic rings. The summed E-state index contributed by atoms with van der Waals surface area (Å²) in [5, 5.41) is 11.8. The summed E-state index contributed by atoms with van der Waals surface area (Å²) in [5.74, 6) is 0.697. The molecule has 0 saturated carbocycles. The van der Waals surface area contributed by atoms with Crippen LogP contribution in [0.25, 0.3) is 5.69 Å². The van der Waals surface area contributed by atoms with E-state index in [0.717, 1.165) is 41.8 Å². The molecule has 6 nitrogen and oxygen atoms in total. The van der Waals surface area contributed by atoms with Gasteiger partial charge in [0.1, 0.15) is 5.76 Å². The average Bonchev–Trinajstić information content (AvgIpc) is 3.27. The lowest BCUT2D eigenvalue weighted by molar-refractivity contribution is -0.121. The molecule has 0 bridgehead atoms. The molecular weight excluding hydrogens is 376 g/mol. The molecule has 0 fully saturated rings. The normalized spacial score (nSPS) is 16.4. The van der Waals surface area contributed by atoms with Crippen molar-refractivity contribution in [2.75, 3.05) is 0 Å². The first-order valence-corrected chi connectivity index (χ1v) is 10.6. The zero-order chi connectivity index (χ0) is 21.5. The summed E-state index contributed by atoms with van der Waals surface area (Å²) in [6, 6.07) is 8.61. The molecule has 3 aromatic rings. The van der Waals surface area contributed by atoms with Crippen molar-refractivity contribution in [1.82, 2.24) is 20.3 Å². The maximum Gasteiger partial charge on any atom is 0.225 e. The summed E-state index contributed by atoms with van der Waals surface area (Å²) >= 11 is 0. The predicted molar refractivity (Wildman–Crippen MR) is 116 cm³/mol. The van der Waals surface area contributed by atoms with Crippen LogP contribution >= 0.6 is 0 Å². The highest BCUT2D eigenvalue weighted by atomic mass is 16.5. The third kappa shape index (κ3) is 3.91. The molecule has 1 aromatic carbocycles. The quantitative estimate of drug-likeness (QED) is 0.692. The van der Waals surface area contributed by atoms with E-state index in [4.69, 9.17) is 4.52 Å². The standard InChI is InChI=1S/C24H30N4O2/c1-15-19(16(2)30-27-15)13-23(29)26-21-7-6-8-22-20(21)14-25-28(22)18-11-9-17(10-12-18)24(3,4)5/h9-12,14,21H,6-8,13H2,1-5H3,(H,26,29). The van der Waals surface area contributed by atoms with Crippen molar-refractivity contribution in [3.8, 4) is 5.69 Å². The van der Waals surface area contributed by atoms with Crippen LogP contribution in [0.5, 0.6) is 0 Å². The summed E-state index contributed by atoms with van der Waals surface area (Å²) in [7, 11) is 0. The molecule has 0 aliphatic heterocycles. The van der Waals surface area contributed by atoms with Crippen LogP contribution in [0.4, 0.5) is 0 Å². The molecule has 1 atom stereocenters. The van der Waals surface area contributed by atoms with Crippen molar-refractivity contribution < 1.29 is 9.32 Å². The molecule has 2 heterocycles. The van der Waals surface area contributed by atoms with E-state index in [1.807, 2.05) is 24.7 Å². The molecule has 1 amide bonds. The number of carbonyl (C=O) groups excluding carboxylic acids is 1. The van der Waals surface area contributed by atoms with Crippen molar-refractivity contribution >= 4 is 5.91 Å². The van der Waals surface area contributed by atoms with E-state index >= 15 is 0 Å². The molecule has 30 heavy (non-hydrogen) atoms. The SMILES string of the molecule is Cc1noc(C)c1CC(=O)NC1CCCc2c1cnn2-c1ccc(C(C)(C)C)cc1. The second-order valence-electron chi connectivity index (χ2n) is 9.25. The summed E-state index contributed by atoms with van der Waals surface area (Å²) in [5.41, 5.74) is 6.44. The number of aryl methyl sites for hydroxylation is 2. The molecule has 1 aliphatic carbocycles. The van der Waals surface area contributed by atoms with Gasteiger partial charge in [-0.1, -0.05) is 38.1 Å². The number of fused-ring (bicyclic) bond motifs is 1. The lowest BCUT2D eigenvalue weighted by atomic mass is 9.87. The number of nitrogens with zero attached hydrogens (tertiary/aromatic N) is 3. The van der Waals surface area contributed by atoms with E-state index in [0.29, 0.717) is 5.76 Å². The number of aromatic nitrogens is 3. The number of nitrogens with one attached hydrogen (secondary N) is 1. The van der Waals surface area contributed by atoms with Gasteiger partial charge in [0.05, 0.1) is 30.0 Å². The highest BCUT2D eigenvalue weighted by Gasteiger charge is 2.27. The third-order valence-corrected chi connectivity index (χ3v) is 6.01. The van der Waals surface area contributed by atoms with Gasteiger partial charge in [-0.15, -0.1) is 0 Å². The lowest BCUT2D eigenvalue weighted by Gasteiger charge is -2.24. The van der Waals surface area contributed by atoms with Crippen molar-refractivity contribution in [3.05, 3.63) is 64.3 Å². The Hall–Kier alpha value is -2.89. The van der Waals surface area contributed by atoms with Gasteiger partial charge in [0.15, 0.2) is 0 Å². The van der Waals surface area contributed by atoms with Gasteiger partial charge >= 0.3 is 0 Å². The van der Waals surface area contributed by atoms with Crippen molar-refractivity contribution in [1.29, 1.82) is 0 Å². The van der Waals surface area contributed by atoms with Gasteiger partial charge in [0.25, 0.3) is 0 Å². The number of benzene rings is 1. The van der Waals surface area contributed by atoms with Crippen LogP contribution in [0.1, 0.15) is 73.5 Å². The second-order valence-corrected chi connectivity index (χ2v) is 9.25. The van der Waals surface area contributed by atoms with Gasteiger partial charge in [0.2, 0.25) is 5.91 Å². The van der Waals surface area contributed by atoms with Gasteiger partial charge < -0.3 is 9.84 Å². The van der Waals surface area contributed by atoms with Gasteiger partial charge in [-0.2, -0.15) is 5.10 Å². The molecule has 6 heteroatoms. The molecule has 0 saturated heterocycles. The summed E-state index contributed by atoms with van der Waals surface area (Å²) in [4.78, 5) is 12.7. The van der Waals surface area contributed by atoms with Gasteiger partial charge in [-0.05, 0) is 56.2 Å². The molecule has 0 radical (unpaired) electrons. The summed E-state index contributed by atoms with van der Waals surface area (Å²) in [6.07, 6.45) is 5.11. The fraction of sp³-hybridized carbons (Fsp3) is 0.458. The number of hydrogen-bond donors (Lipinski definition) is 1. The maximum atomic E-state index is 12.7. The maximum absolute atomic E-state index is 12.7. The Kier molecular flexibility index (Phi) is 5.26. The molecule has 4 rings (SSSR count). The Bertz CT molecular complexity index is 1030. The van der Waals surface area contributed by atoms with Crippen molar-refractivity contribution in [2.24, 2.45) is 0 Å². The van der Waals surface area contributed by atoms with E-state index in [1.54, 1.807) is 0 Å². The van der Waals surface area contributed by atoms with E-state index in [9.17, 15) is 4.79 Å². The first kappa shape index (κ1) is 20.4. The largest absolute Gasteiger partial charge is 0.361 e. The number of amides is 1.